The molecule has 0 amide bonds. The summed E-state index contributed by atoms with van der Waals surface area (Å²) in [5.41, 5.74) is 2.93. The summed E-state index contributed by atoms with van der Waals surface area (Å²) in [5.74, 6) is 0.727. The van der Waals surface area contributed by atoms with Gasteiger partial charge in [-0.15, -0.1) is 11.3 Å². The summed E-state index contributed by atoms with van der Waals surface area (Å²) in [6.45, 7) is 3.83. The molecule has 0 aliphatic rings. The van der Waals surface area contributed by atoms with Gasteiger partial charge in [0.1, 0.15) is 10.7 Å². The lowest BCUT2D eigenvalue weighted by atomic mass is 10.1. The van der Waals surface area contributed by atoms with Crippen LogP contribution in [-0.2, 0) is 0 Å². The van der Waals surface area contributed by atoms with Gasteiger partial charge in [0.25, 0.3) is 0 Å². The van der Waals surface area contributed by atoms with Crippen LogP contribution in [0.5, 0.6) is 0 Å². The first-order valence-electron chi connectivity index (χ1n) is 5.99. The van der Waals surface area contributed by atoms with E-state index < -0.39 is 0 Å². The molecule has 3 rings (SSSR count). The van der Waals surface area contributed by atoms with Gasteiger partial charge >= 0.3 is 0 Å². The van der Waals surface area contributed by atoms with Crippen LogP contribution < -0.4 is 0 Å². The Morgan fingerprint density at radius 2 is 1.84 bits per heavy atom. The molecule has 0 aliphatic heterocycles. The van der Waals surface area contributed by atoms with Crippen molar-refractivity contribution in [2.45, 2.75) is 13.8 Å². The molecule has 0 saturated heterocycles. The van der Waals surface area contributed by atoms with Gasteiger partial charge < -0.3 is 0 Å². The molecule has 3 aromatic rings. The van der Waals surface area contributed by atoms with Crippen LogP contribution >= 0.6 is 11.3 Å². The first-order valence-corrected chi connectivity index (χ1v) is 6.80. The Morgan fingerprint density at radius 1 is 1.11 bits per heavy atom. The summed E-state index contributed by atoms with van der Waals surface area (Å²) in [6, 6.07) is 10.0. The first-order chi connectivity index (χ1) is 9.20. The van der Waals surface area contributed by atoms with Gasteiger partial charge in [-0.1, -0.05) is 30.3 Å². The number of aromatic nitrogens is 2. The van der Waals surface area contributed by atoms with Crippen LogP contribution in [0.25, 0.3) is 21.5 Å². The fraction of sp³-hybridized carbons (Fsp3) is 0.133. The van der Waals surface area contributed by atoms with Crippen molar-refractivity contribution in [3.8, 4) is 11.3 Å². The Morgan fingerprint density at radius 3 is 2.53 bits per heavy atom. The molecule has 0 aliphatic carbocycles. The molecular weight excluding hydrogens is 256 g/mol. The van der Waals surface area contributed by atoms with E-state index in [1.807, 2.05) is 44.2 Å². The molecule has 0 atom stereocenters. The second-order valence-corrected chi connectivity index (χ2v) is 5.41. The van der Waals surface area contributed by atoms with Crippen molar-refractivity contribution in [1.82, 2.24) is 9.97 Å². The van der Waals surface area contributed by atoms with Gasteiger partial charge in [0, 0.05) is 10.9 Å². The van der Waals surface area contributed by atoms with E-state index in [4.69, 9.17) is 0 Å². The van der Waals surface area contributed by atoms with E-state index in [2.05, 4.69) is 9.97 Å². The van der Waals surface area contributed by atoms with Gasteiger partial charge in [-0.05, 0) is 19.4 Å². The molecule has 0 bridgehead atoms. The minimum Gasteiger partial charge on any atom is -0.297 e. The minimum absolute atomic E-state index is 0.727. The van der Waals surface area contributed by atoms with Crippen molar-refractivity contribution in [3.05, 3.63) is 46.6 Å². The highest BCUT2D eigenvalue weighted by atomic mass is 32.1. The van der Waals surface area contributed by atoms with E-state index in [9.17, 15) is 4.79 Å². The second kappa shape index (κ2) is 4.55. The van der Waals surface area contributed by atoms with Crippen LogP contribution in [0.1, 0.15) is 21.1 Å². The molecule has 0 saturated carbocycles. The van der Waals surface area contributed by atoms with Crippen LogP contribution in [0.3, 0.4) is 0 Å². The third-order valence-electron chi connectivity index (χ3n) is 3.09. The Balaban J connectivity index is 2.41. The van der Waals surface area contributed by atoms with Gasteiger partial charge in [0.15, 0.2) is 6.29 Å². The van der Waals surface area contributed by atoms with Crippen molar-refractivity contribution in [3.63, 3.8) is 0 Å². The quantitative estimate of drug-likeness (QED) is 0.664. The molecule has 94 valence electrons. The highest BCUT2D eigenvalue weighted by Crippen LogP contribution is 2.34. The van der Waals surface area contributed by atoms with Crippen LogP contribution in [0.15, 0.2) is 30.3 Å². The van der Waals surface area contributed by atoms with Gasteiger partial charge in [-0.3, -0.25) is 4.79 Å². The zero-order valence-corrected chi connectivity index (χ0v) is 11.5. The third-order valence-corrected chi connectivity index (χ3v) is 4.20. The fourth-order valence-corrected chi connectivity index (χ4v) is 3.22. The molecule has 0 fully saturated rings. The summed E-state index contributed by atoms with van der Waals surface area (Å²) in [6.07, 6.45) is 0.895. The number of carbonyl (C=O) groups excluding carboxylic acids is 1. The fourth-order valence-electron chi connectivity index (χ4n) is 2.18. The zero-order chi connectivity index (χ0) is 13.4. The number of hydrogen-bond acceptors (Lipinski definition) is 4. The van der Waals surface area contributed by atoms with E-state index in [1.165, 1.54) is 11.3 Å². The van der Waals surface area contributed by atoms with E-state index >= 15 is 0 Å². The maximum atomic E-state index is 11.1. The van der Waals surface area contributed by atoms with Gasteiger partial charge in [-0.2, -0.15) is 0 Å². The average molecular weight is 268 g/mol. The number of thiophene rings is 1. The number of aryl methyl sites for hydroxylation is 2. The summed E-state index contributed by atoms with van der Waals surface area (Å²) in [4.78, 5) is 21.7. The van der Waals surface area contributed by atoms with E-state index in [-0.39, 0.29) is 0 Å². The number of benzene rings is 1. The standard InChI is InChI=1S/C15H12N2OS/c1-9-12(8-18)19-15-13(9)14(16-10(2)17-15)11-6-4-3-5-7-11/h3-8H,1-2H3. The maximum absolute atomic E-state index is 11.1. The van der Waals surface area contributed by atoms with Crippen LogP contribution in [0.4, 0.5) is 0 Å². The molecule has 0 unspecified atom stereocenters. The second-order valence-electron chi connectivity index (χ2n) is 4.37. The lowest BCUT2D eigenvalue weighted by Crippen LogP contribution is -1.92. The Hall–Kier alpha value is -2.07. The van der Waals surface area contributed by atoms with Crippen molar-refractivity contribution in [2.24, 2.45) is 0 Å². The monoisotopic (exact) mass is 268 g/mol. The van der Waals surface area contributed by atoms with Crippen LogP contribution in [-0.4, -0.2) is 16.3 Å². The smallest absolute Gasteiger partial charge is 0.160 e. The minimum atomic E-state index is 0.727. The normalized spacial score (nSPS) is 10.8. The lowest BCUT2D eigenvalue weighted by molar-refractivity contribution is 0.112. The maximum Gasteiger partial charge on any atom is 0.160 e. The largest absolute Gasteiger partial charge is 0.297 e. The Kier molecular flexibility index (Phi) is 2.87. The van der Waals surface area contributed by atoms with Crippen molar-refractivity contribution in [2.75, 3.05) is 0 Å². The highest BCUT2D eigenvalue weighted by Gasteiger charge is 2.15. The number of hydrogen-bond donors (Lipinski definition) is 0. The van der Waals surface area contributed by atoms with Crippen LogP contribution in [0, 0.1) is 13.8 Å². The Bertz CT molecular complexity index is 763. The summed E-state index contributed by atoms with van der Waals surface area (Å²) >= 11 is 1.43. The lowest BCUT2D eigenvalue weighted by Gasteiger charge is -2.05. The third kappa shape index (κ3) is 1.94. The molecule has 2 heterocycles. The molecular formula is C15H12N2OS. The van der Waals surface area contributed by atoms with E-state index in [1.54, 1.807) is 0 Å². The Labute approximate surface area is 115 Å². The molecule has 1 aromatic carbocycles. The number of fused-ring (bicyclic) bond motifs is 1. The van der Waals surface area contributed by atoms with Crippen molar-refractivity contribution in [1.29, 1.82) is 0 Å². The molecule has 19 heavy (non-hydrogen) atoms. The molecule has 3 nitrogen and oxygen atoms in total. The average Bonchev–Trinajstić information content (AvgIpc) is 2.75. The highest BCUT2D eigenvalue weighted by molar-refractivity contribution is 7.20. The number of nitrogens with zero attached hydrogens (tertiary/aromatic N) is 2. The van der Waals surface area contributed by atoms with Crippen molar-refractivity contribution < 1.29 is 4.79 Å². The summed E-state index contributed by atoms with van der Waals surface area (Å²) in [5, 5.41) is 0.990. The van der Waals surface area contributed by atoms with E-state index in [0.29, 0.717) is 0 Å². The number of rotatable bonds is 2. The topological polar surface area (TPSA) is 42.9 Å². The zero-order valence-electron chi connectivity index (χ0n) is 10.7. The predicted molar refractivity (Wildman–Crippen MR) is 77.7 cm³/mol. The number of carbonyl (C=O) groups is 1. The van der Waals surface area contributed by atoms with Gasteiger partial charge in [-0.25, -0.2) is 9.97 Å². The summed E-state index contributed by atoms with van der Waals surface area (Å²) in [7, 11) is 0. The van der Waals surface area contributed by atoms with Crippen LogP contribution in [0.2, 0.25) is 0 Å². The van der Waals surface area contributed by atoms with Gasteiger partial charge in [0.05, 0.1) is 10.6 Å². The number of aldehydes is 1. The molecule has 2 aromatic heterocycles. The SMILES string of the molecule is Cc1nc(-c2ccccc2)c2c(C)c(C=O)sc2n1. The first kappa shape index (κ1) is 12.0. The molecule has 0 radical (unpaired) electrons. The molecule has 0 spiro atoms. The summed E-state index contributed by atoms with van der Waals surface area (Å²) < 4.78 is 0. The predicted octanol–water partition coefficient (Wildman–Crippen LogP) is 3.79. The van der Waals surface area contributed by atoms with Crippen molar-refractivity contribution >= 4 is 27.8 Å². The van der Waals surface area contributed by atoms with Gasteiger partial charge in [0.2, 0.25) is 0 Å². The van der Waals surface area contributed by atoms with E-state index in [0.717, 1.165) is 44.0 Å². The molecule has 0 N–H and O–H groups in total. The molecule has 4 heteroatoms.